The Morgan fingerprint density at radius 2 is 2.04 bits per heavy atom. The lowest BCUT2D eigenvalue weighted by molar-refractivity contribution is -0.114. The monoisotopic (exact) mass is 366 g/mol. The van der Waals surface area contributed by atoms with Gasteiger partial charge < -0.3 is 4.42 Å². The zero-order valence-electron chi connectivity index (χ0n) is 14.0. The molecular formula is C18H14N4O3S. The van der Waals surface area contributed by atoms with E-state index in [-0.39, 0.29) is 28.3 Å². The Labute approximate surface area is 152 Å². The van der Waals surface area contributed by atoms with Crippen LogP contribution in [0.4, 0.5) is 0 Å². The summed E-state index contributed by atoms with van der Waals surface area (Å²) in [5.74, 6) is -0.506. The van der Waals surface area contributed by atoms with Crippen LogP contribution in [0, 0.1) is 11.3 Å². The lowest BCUT2D eigenvalue weighted by Crippen LogP contribution is -2.35. The second kappa shape index (κ2) is 6.06. The molecule has 1 amide bonds. The molecule has 1 aromatic heterocycles. The number of fused-ring (bicyclic) bond motifs is 2. The predicted molar refractivity (Wildman–Crippen MR) is 102 cm³/mol. The first-order valence-corrected chi connectivity index (χ1v) is 8.78. The number of amides is 1. The van der Waals surface area contributed by atoms with Crippen LogP contribution in [0.3, 0.4) is 0 Å². The molecule has 3 heterocycles. The molecule has 0 spiro atoms. The van der Waals surface area contributed by atoms with E-state index < -0.39 is 5.91 Å². The van der Waals surface area contributed by atoms with Crippen molar-refractivity contribution in [3.63, 3.8) is 0 Å². The number of nitrogens with zero attached hydrogens (tertiary/aromatic N) is 3. The Morgan fingerprint density at radius 1 is 1.27 bits per heavy atom. The average molecular weight is 366 g/mol. The summed E-state index contributed by atoms with van der Waals surface area (Å²) in [4.78, 5) is 29.0. The van der Waals surface area contributed by atoms with Gasteiger partial charge in [-0.25, -0.2) is 0 Å². The number of carbonyl (C=O) groups excluding carboxylic acids is 1. The molecule has 0 bridgehead atoms. The molecule has 0 aliphatic carbocycles. The Kier molecular flexibility index (Phi) is 3.84. The van der Waals surface area contributed by atoms with Gasteiger partial charge in [0.25, 0.3) is 5.91 Å². The molecule has 7 nitrogen and oxygen atoms in total. The third-order valence-electron chi connectivity index (χ3n) is 3.97. The van der Waals surface area contributed by atoms with E-state index in [1.165, 1.54) is 29.1 Å². The highest BCUT2D eigenvalue weighted by molar-refractivity contribution is 8.27. The van der Waals surface area contributed by atoms with Crippen LogP contribution in [-0.2, 0) is 4.79 Å². The fourth-order valence-corrected chi connectivity index (χ4v) is 3.48. The number of hydrogen-bond acceptors (Lipinski definition) is 6. The van der Waals surface area contributed by atoms with E-state index in [0.29, 0.717) is 16.1 Å². The fraction of sp³-hybridized carbons (Fsp3) is 0.167. The number of amidine groups is 2. The maximum atomic E-state index is 12.6. The summed E-state index contributed by atoms with van der Waals surface area (Å²) in [5.41, 5.74) is 0.394. The van der Waals surface area contributed by atoms with E-state index in [1.807, 2.05) is 13.8 Å². The van der Waals surface area contributed by atoms with Crippen molar-refractivity contribution in [1.82, 2.24) is 5.01 Å². The van der Waals surface area contributed by atoms with Crippen molar-refractivity contribution in [3.8, 4) is 0 Å². The van der Waals surface area contributed by atoms with Crippen LogP contribution in [0.2, 0.25) is 0 Å². The van der Waals surface area contributed by atoms with Crippen LogP contribution in [0.5, 0.6) is 0 Å². The Bertz CT molecular complexity index is 1110. The molecule has 4 rings (SSSR count). The maximum absolute atomic E-state index is 12.6. The highest BCUT2D eigenvalue weighted by Crippen LogP contribution is 2.30. The standard InChI is InChI=1S/C18H14N4O3S/c1-9(2)17-21-22-15(19)12(16(24)20-18(22)26-17)7-10-8-25-13-6-4-3-5-11(13)14(10)23/h3-9,19H,1-2H3/b12-7+,19-15?. The van der Waals surface area contributed by atoms with Gasteiger partial charge in [0.2, 0.25) is 5.17 Å². The smallest absolute Gasteiger partial charge is 0.283 e. The van der Waals surface area contributed by atoms with Crippen LogP contribution in [-0.4, -0.2) is 27.0 Å². The average Bonchev–Trinajstić information content (AvgIpc) is 3.05. The van der Waals surface area contributed by atoms with Gasteiger partial charge in [-0.2, -0.15) is 15.1 Å². The number of benzene rings is 1. The molecule has 0 saturated heterocycles. The molecule has 0 fully saturated rings. The van der Waals surface area contributed by atoms with E-state index in [0.717, 1.165) is 5.04 Å². The maximum Gasteiger partial charge on any atom is 0.283 e. The fourth-order valence-electron chi connectivity index (χ4n) is 2.59. The largest absolute Gasteiger partial charge is 0.463 e. The molecule has 1 aromatic carbocycles. The third-order valence-corrected chi connectivity index (χ3v) is 5.18. The van der Waals surface area contributed by atoms with Gasteiger partial charge in [0.05, 0.1) is 16.5 Å². The minimum Gasteiger partial charge on any atom is -0.463 e. The van der Waals surface area contributed by atoms with Crippen molar-refractivity contribution in [2.75, 3.05) is 0 Å². The summed E-state index contributed by atoms with van der Waals surface area (Å²) in [7, 11) is 0. The van der Waals surface area contributed by atoms with E-state index in [1.54, 1.807) is 24.3 Å². The first-order valence-electron chi connectivity index (χ1n) is 7.96. The van der Waals surface area contributed by atoms with E-state index in [4.69, 9.17) is 9.83 Å². The van der Waals surface area contributed by atoms with E-state index in [9.17, 15) is 9.59 Å². The number of aliphatic imine (C=N–C) groups is 1. The van der Waals surface area contributed by atoms with Crippen molar-refractivity contribution in [2.45, 2.75) is 13.8 Å². The van der Waals surface area contributed by atoms with Gasteiger partial charge in [-0.3, -0.25) is 15.0 Å². The number of thioether (sulfide) groups is 1. The van der Waals surface area contributed by atoms with Crippen LogP contribution in [0.25, 0.3) is 17.0 Å². The van der Waals surface area contributed by atoms with Gasteiger partial charge in [-0.1, -0.05) is 26.0 Å². The molecule has 8 heteroatoms. The summed E-state index contributed by atoms with van der Waals surface area (Å²) in [6.07, 6.45) is 2.63. The summed E-state index contributed by atoms with van der Waals surface area (Å²) in [5, 5.41) is 15.6. The van der Waals surface area contributed by atoms with Crippen molar-refractivity contribution >= 4 is 50.8 Å². The van der Waals surface area contributed by atoms with Crippen LogP contribution in [0.15, 0.2) is 55.4 Å². The minimum absolute atomic E-state index is 0.00527. The molecule has 2 aliphatic heterocycles. The Balaban J connectivity index is 1.79. The summed E-state index contributed by atoms with van der Waals surface area (Å²) in [6, 6.07) is 6.87. The number of hydrazone groups is 1. The van der Waals surface area contributed by atoms with Crippen molar-refractivity contribution in [1.29, 1.82) is 5.41 Å². The third kappa shape index (κ3) is 2.59. The second-order valence-corrected chi connectivity index (χ2v) is 7.12. The molecule has 0 radical (unpaired) electrons. The van der Waals surface area contributed by atoms with Gasteiger partial charge in [-0.15, -0.1) is 0 Å². The molecule has 26 heavy (non-hydrogen) atoms. The molecule has 2 aliphatic rings. The van der Waals surface area contributed by atoms with E-state index in [2.05, 4.69) is 10.1 Å². The molecule has 0 unspecified atom stereocenters. The molecule has 130 valence electrons. The molecular weight excluding hydrogens is 352 g/mol. The molecule has 2 aromatic rings. The van der Waals surface area contributed by atoms with Crippen molar-refractivity contribution in [3.05, 3.63) is 51.9 Å². The topological polar surface area (TPSA) is 99.1 Å². The van der Waals surface area contributed by atoms with Crippen LogP contribution in [0.1, 0.15) is 19.4 Å². The Hall–Kier alpha value is -3.00. The number of para-hydroxylation sites is 1. The zero-order valence-corrected chi connectivity index (χ0v) is 14.8. The second-order valence-electron chi connectivity index (χ2n) is 6.13. The summed E-state index contributed by atoms with van der Waals surface area (Å²) >= 11 is 1.28. The highest BCUT2D eigenvalue weighted by atomic mass is 32.2. The number of carbonyl (C=O) groups is 1. The van der Waals surface area contributed by atoms with Crippen molar-refractivity contribution < 1.29 is 9.21 Å². The first-order chi connectivity index (χ1) is 12.5. The first kappa shape index (κ1) is 16.5. The molecule has 1 N–H and O–H groups in total. The van der Waals surface area contributed by atoms with Gasteiger partial charge in [0, 0.05) is 5.92 Å². The molecule has 0 atom stereocenters. The number of hydrogen-bond donors (Lipinski definition) is 1. The summed E-state index contributed by atoms with van der Waals surface area (Å²) < 4.78 is 5.46. The number of rotatable bonds is 2. The van der Waals surface area contributed by atoms with Gasteiger partial charge in [-0.05, 0) is 30.0 Å². The van der Waals surface area contributed by atoms with Gasteiger partial charge in [0.1, 0.15) is 16.9 Å². The predicted octanol–water partition coefficient (Wildman–Crippen LogP) is 3.07. The lowest BCUT2D eigenvalue weighted by Gasteiger charge is -2.20. The number of nitrogens with one attached hydrogen (secondary N) is 1. The Morgan fingerprint density at radius 3 is 2.81 bits per heavy atom. The van der Waals surface area contributed by atoms with Crippen LogP contribution < -0.4 is 5.43 Å². The van der Waals surface area contributed by atoms with Crippen LogP contribution >= 0.6 is 11.8 Å². The highest BCUT2D eigenvalue weighted by Gasteiger charge is 2.36. The van der Waals surface area contributed by atoms with Crippen molar-refractivity contribution in [2.24, 2.45) is 16.0 Å². The minimum atomic E-state index is -0.568. The SMILES string of the molecule is CC(C)C1=NN2C(=N)/C(=C\c3coc4ccccc4c3=O)C(=O)N=C2S1. The lowest BCUT2D eigenvalue weighted by atomic mass is 10.1. The summed E-state index contributed by atoms with van der Waals surface area (Å²) in [6.45, 7) is 3.96. The van der Waals surface area contributed by atoms with Gasteiger partial charge >= 0.3 is 0 Å². The zero-order chi connectivity index (χ0) is 18.4. The quantitative estimate of drug-likeness (QED) is 0.824. The molecule has 0 saturated carbocycles. The normalized spacial score (nSPS) is 18.6. The van der Waals surface area contributed by atoms with Gasteiger partial charge in [0.15, 0.2) is 11.3 Å². The van der Waals surface area contributed by atoms with E-state index >= 15 is 0 Å².